The minimum atomic E-state index is 0. The van der Waals surface area contributed by atoms with Crippen molar-refractivity contribution in [3.8, 4) is 0 Å². The van der Waals surface area contributed by atoms with Gasteiger partial charge in [-0.15, -0.1) is 0 Å². The fourth-order valence-electron chi connectivity index (χ4n) is 0. The van der Waals surface area contributed by atoms with Crippen molar-refractivity contribution < 1.29 is 144 Å². The molecule has 0 heterocycles. The van der Waals surface area contributed by atoms with Gasteiger partial charge in [0, 0.05) is 0 Å². The van der Waals surface area contributed by atoms with Crippen LogP contribution in [-0.2, 0) is 84.7 Å². The summed E-state index contributed by atoms with van der Waals surface area (Å²) < 4.78 is 0. The quantitative estimate of drug-likeness (QED) is 0.332. The maximum Gasteiger partial charge on any atom is 3.00 e. The van der Waals surface area contributed by atoms with Gasteiger partial charge in [0.25, 0.3) is 0 Å². The van der Waals surface area contributed by atoms with Crippen LogP contribution in [0.1, 0.15) is 0 Å². The Morgan fingerprint density at radius 2 is 0.357 bits per heavy atom. The first-order valence-corrected chi connectivity index (χ1v) is 0. The second-order valence-corrected chi connectivity index (χ2v) is 0. The number of hydrogen-bond acceptors (Lipinski definition) is 3. The number of halogens is 3. The molecule has 0 aromatic carbocycles. The van der Waals surface area contributed by atoms with Crippen LogP contribution >= 0.6 is 0 Å². The number of rotatable bonds is 0. The molecule has 0 fully saturated rings. The molecule has 0 aromatic rings. The maximum absolute atomic E-state index is 0. The third-order valence-electron chi connectivity index (χ3n) is 0. The van der Waals surface area contributed by atoms with Crippen LogP contribution in [0.4, 0.5) is 0 Å². The van der Waals surface area contributed by atoms with Crippen molar-refractivity contribution in [1.82, 2.24) is 0 Å². The zero-order chi connectivity index (χ0) is 0. The van der Waals surface area contributed by atoms with Crippen LogP contribution in [0.15, 0.2) is 0 Å². The first kappa shape index (κ1) is 575. The Balaban J connectivity index is 0. The second kappa shape index (κ2) is 474. The minimum absolute atomic E-state index is 0. The third kappa shape index (κ3) is 385. The molecule has 7 nitrogen and oxygen atoms in total. The van der Waals surface area contributed by atoms with Crippen LogP contribution in [0.5, 0.6) is 0 Å². The summed E-state index contributed by atoms with van der Waals surface area (Å²) in [6.07, 6.45) is 0. The predicted octanol–water partition coefficient (Wildman–Crippen LogP) is -10.7. The first-order chi connectivity index (χ1) is 0. The van der Waals surface area contributed by atoms with Crippen LogP contribution in [0.25, 0.3) is 0 Å². The predicted molar refractivity (Wildman–Crippen MR) is 11.5 cm³/mol. The Labute approximate surface area is 143 Å². The van der Waals surface area contributed by atoms with Gasteiger partial charge < -0.3 is 75.6 Å². The fourth-order valence-corrected chi connectivity index (χ4v) is 0. The van der Waals surface area contributed by atoms with Gasteiger partial charge >= 0.3 is 68.3 Å². The van der Waals surface area contributed by atoms with E-state index in [4.69, 9.17) is 0 Å². The van der Waals surface area contributed by atoms with Gasteiger partial charge in [0.15, 0.2) is 0 Å². The van der Waals surface area contributed by atoms with E-state index in [1.807, 2.05) is 0 Å². The molecule has 4 radical (unpaired) electrons. The molecule has 0 aliphatic rings. The minimum Gasteiger partial charge on any atom is -2.00 e. The molecular formula is H5Cl3Fe4O7. The van der Waals surface area contributed by atoms with Gasteiger partial charge in [-0.2, -0.15) is 0 Å². The summed E-state index contributed by atoms with van der Waals surface area (Å²) in [5, 5.41) is 0. The Morgan fingerprint density at radius 1 is 0.357 bits per heavy atom. The van der Waals surface area contributed by atoms with Gasteiger partial charge in [-0.1, -0.05) is 0 Å². The Hall–Kier alpha value is 2.67. The maximum atomic E-state index is 0. The van der Waals surface area contributed by atoms with E-state index >= 15 is 0 Å². The third-order valence-corrected chi connectivity index (χ3v) is 0. The molecule has 0 unspecified atom stereocenters. The SMILES string of the molecule is O.[Cl-].[Cl-].[Cl-].[Fe+3].[Fe+3].[Fe+3].[Fe+3].[O-2].[O-2].[O-2].[OH-].[OH-].[OH-]. The van der Waals surface area contributed by atoms with E-state index in [2.05, 4.69) is 0 Å². The molecular weight excluding hydrogens is 442 g/mol. The topological polar surface area (TPSA) is 207 Å². The Morgan fingerprint density at radius 3 is 0.357 bits per heavy atom. The van der Waals surface area contributed by atoms with Gasteiger partial charge in [-0.25, -0.2) is 0 Å². The van der Waals surface area contributed by atoms with E-state index in [1.54, 1.807) is 0 Å². The summed E-state index contributed by atoms with van der Waals surface area (Å²) in [7, 11) is 0. The van der Waals surface area contributed by atoms with Crippen molar-refractivity contribution >= 4 is 0 Å². The molecule has 0 aromatic heterocycles. The molecule has 0 atom stereocenters. The van der Waals surface area contributed by atoms with Crippen LogP contribution in [-0.4, -0.2) is 21.9 Å². The molecule has 100 valence electrons. The van der Waals surface area contributed by atoms with Crippen LogP contribution in [0.3, 0.4) is 0 Å². The average Bonchev–Trinajstić information content (AvgIpc) is 0. The van der Waals surface area contributed by atoms with Gasteiger partial charge in [-0.3, -0.25) is 0 Å². The van der Waals surface area contributed by atoms with Crippen molar-refractivity contribution in [3.05, 3.63) is 0 Å². The first-order valence-electron chi connectivity index (χ1n) is 0. The van der Waals surface area contributed by atoms with Crippen LogP contribution in [0, 0.1) is 0 Å². The molecule has 0 rings (SSSR count). The monoisotopic (exact) mass is 446 g/mol. The van der Waals surface area contributed by atoms with Crippen molar-refractivity contribution in [2.45, 2.75) is 0 Å². The van der Waals surface area contributed by atoms with E-state index in [-0.39, 0.29) is 144 Å². The Bertz CT molecular complexity index is 20.9. The van der Waals surface area contributed by atoms with E-state index in [0.717, 1.165) is 0 Å². The van der Waals surface area contributed by atoms with Crippen molar-refractivity contribution in [2.75, 3.05) is 0 Å². The zero-order valence-electron chi connectivity index (χ0n) is 5.61. The summed E-state index contributed by atoms with van der Waals surface area (Å²) in [6.45, 7) is 0. The van der Waals surface area contributed by atoms with E-state index in [1.165, 1.54) is 0 Å². The summed E-state index contributed by atoms with van der Waals surface area (Å²) in [6, 6.07) is 0. The summed E-state index contributed by atoms with van der Waals surface area (Å²) in [5.74, 6) is 0. The van der Waals surface area contributed by atoms with Crippen molar-refractivity contribution in [1.29, 1.82) is 0 Å². The Kier molecular flexibility index (Phi) is 19400. The molecule has 0 saturated carbocycles. The van der Waals surface area contributed by atoms with Gasteiger partial charge in [0.05, 0.1) is 0 Å². The molecule has 0 spiro atoms. The molecule has 0 amide bonds. The summed E-state index contributed by atoms with van der Waals surface area (Å²) in [4.78, 5) is 0. The smallest absolute Gasteiger partial charge is 2.00 e. The number of hydrogen-bond donors (Lipinski definition) is 0. The van der Waals surface area contributed by atoms with Crippen molar-refractivity contribution in [3.63, 3.8) is 0 Å². The average molecular weight is 447 g/mol. The summed E-state index contributed by atoms with van der Waals surface area (Å²) >= 11 is 0. The molecule has 5 N–H and O–H groups in total. The van der Waals surface area contributed by atoms with Crippen LogP contribution in [0.2, 0.25) is 0 Å². The van der Waals surface area contributed by atoms with E-state index in [0.29, 0.717) is 0 Å². The van der Waals surface area contributed by atoms with Crippen LogP contribution < -0.4 is 37.2 Å². The standard InChI is InChI=1S/3ClH.4Fe.4H2O.3O/h3*1H;;;;;4*1H2;;;/q;;;4*+3;;;;;3*-2/p-6. The molecule has 0 bridgehead atoms. The van der Waals surface area contributed by atoms with Gasteiger partial charge in [0.1, 0.15) is 0 Å². The van der Waals surface area contributed by atoms with E-state index < -0.39 is 0 Å². The zero-order valence-corrected chi connectivity index (χ0v) is 12.3. The van der Waals surface area contributed by atoms with Gasteiger partial charge in [0.2, 0.25) is 0 Å². The normalized spacial score (nSPS) is 0. The second-order valence-electron chi connectivity index (χ2n) is 0. The molecule has 14 heteroatoms. The molecule has 0 saturated heterocycles. The van der Waals surface area contributed by atoms with E-state index in [9.17, 15) is 0 Å². The molecule has 0 aliphatic carbocycles. The largest absolute Gasteiger partial charge is 3.00 e. The fraction of sp³-hybridized carbons (Fsp3) is 0. The molecule has 0 aliphatic heterocycles. The molecule has 14 heavy (non-hydrogen) atoms. The summed E-state index contributed by atoms with van der Waals surface area (Å²) in [5.41, 5.74) is 0. The van der Waals surface area contributed by atoms with Gasteiger partial charge in [-0.05, 0) is 0 Å². The van der Waals surface area contributed by atoms with Crippen molar-refractivity contribution in [2.24, 2.45) is 0 Å².